The second-order valence-electron chi connectivity index (χ2n) is 8.72. The molecule has 0 bridgehead atoms. The summed E-state index contributed by atoms with van der Waals surface area (Å²) in [6.45, 7) is 6.69. The Labute approximate surface area is 199 Å². The standard InChI is InChI=1S/C27H29N5O2/c1-18(2)32-26-23(16-29-32)22(15-24(30-26)21-12-8-7-9-19(21)3)27(34)31(14-13-25(28)33)17-20-10-5-4-6-11-20/h4-12,15-16,18H,13-14,17H2,1-3H3,(H2,28,33). The van der Waals surface area contributed by atoms with Crippen molar-refractivity contribution in [1.82, 2.24) is 19.7 Å². The third-order valence-corrected chi connectivity index (χ3v) is 5.84. The van der Waals surface area contributed by atoms with E-state index in [1.165, 1.54) is 0 Å². The largest absolute Gasteiger partial charge is 0.370 e. The van der Waals surface area contributed by atoms with Crippen LogP contribution in [0.1, 0.15) is 47.8 Å². The Balaban J connectivity index is 1.85. The van der Waals surface area contributed by atoms with Crippen LogP contribution in [0.3, 0.4) is 0 Å². The molecule has 0 atom stereocenters. The summed E-state index contributed by atoms with van der Waals surface area (Å²) in [5.74, 6) is -0.630. The molecule has 0 aliphatic carbocycles. The number of benzene rings is 2. The van der Waals surface area contributed by atoms with E-state index in [0.29, 0.717) is 28.8 Å². The summed E-state index contributed by atoms with van der Waals surface area (Å²) in [4.78, 5) is 32.0. The molecule has 174 valence electrons. The SMILES string of the molecule is Cc1ccccc1-c1cc(C(=O)N(CCC(N)=O)Cc2ccccc2)c2cnn(C(C)C)c2n1. The summed E-state index contributed by atoms with van der Waals surface area (Å²) in [7, 11) is 0. The predicted octanol–water partition coefficient (Wildman–Crippen LogP) is 4.51. The van der Waals surface area contributed by atoms with E-state index >= 15 is 0 Å². The van der Waals surface area contributed by atoms with E-state index in [4.69, 9.17) is 10.7 Å². The molecule has 0 aliphatic rings. The lowest BCUT2D eigenvalue weighted by atomic mass is 10.0. The van der Waals surface area contributed by atoms with Crippen molar-refractivity contribution in [3.05, 3.63) is 83.6 Å². The summed E-state index contributed by atoms with van der Waals surface area (Å²) >= 11 is 0. The Morgan fingerprint density at radius 3 is 2.44 bits per heavy atom. The number of nitrogens with two attached hydrogens (primary N) is 1. The smallest absolute Gasteiger partial charge is 0.255 e. The van der Waals surface area contributed by atoms with Crippen LogP contribution in [0.25, 0.3) is 22.3 Å². The van der Waals surface area contributed by atoms with Crippen LogP contribution in [-0.4, -0.2) is 38.0 Å². The number of amides is 2. The zero-order valence-electron chi connectivity index (χ0n) is 19.7. The minimum atomic E-state index is -0.445. The molecule has 2 amide bonds. The molecule has 34 heavy (non-hydrogen) atoms. The summed E-state index contributed by atoms with van der Waals surface area (Å²) in [5.41, 5.74) is 10.3. The summed E-state index contributed by atoms with van der Waals surface area (Å²) in [5, 5.41) is 5.21. The second-order valence-corrected chi connectivity index (χ2v) is 8.72. The molecule has 0 fully saturated rings. The number of hydrogen-bond donors (Lipinski definition) is 1. The molecule has 0 saturated carbocycles. The molecule has 2 aromatic carbocycles. The molecule has 4 rings (SSSR count). The molecule has 2 aromatic heterocycles. The van der Waals surface area contributed by atoms with Crippen LogP contribution in [0.4, 0.5) is 0 Å². The van der Waals surface area contributed by atoms with Gasteiger partial charge >= 0.3 is 0 Å². The second kappa shape index (κ2) is 9.87. The predicted molar refractivity (Wildman–Crippen MR) is 133 cm³/mol. The lowest BCUT2D eigenvalue weighted by Crippen LogP contribution is -2.33. The number of carbonyl (C=O) groups excluding carboxylic acids is 2. The lowest BCUT2D eigenvalue weighted by Gasteiger charge is -2.23. The Bertz CT molecular complexity index is 1330. The molecule has 2 N–H and O–H groups in total. The summed E-state index contributed by atoms with van der Waals surface area (Å²) in [6.07, 6.45) is 1.79. The van der Waals surface area contributed by atoms with Crippen molar-refractivity contribution in [2.75, 3.05) is 6.54 Å². The van der Waals surface area contributed by atoms with Crippen molar-refractivity contribution in [1.29, 1.82) is 0 Å². The van der Waals surface area contributed by atoms with Gasteiger partial charge in [0.15, 0.2) is 5.65 Å². The number of carbonyl (C=O) groups is 2. The number of hydrogen-bond acceptors (Lipinski definition) is 4. The fraction of sp³-hybridized carbons (Fsp3) is 0.259. The maximum absolute atomic E-state index is 13.9. The van der Waals surface area contributed by atoms with Crippen LogP contribution < -0.4 is 5.73 Å². The van der Waals surface area contributed by atoms with Crippen LogP contribution in [-0.2, 0) is 11.3 Å². The number of aryl methyl sites for hydroxylation is 1. The molecule has 7 heteroatoms. The first kappa shape index (κ1) is 23.2. The first-order valence-corrected chi connectivity index (χ1v) is 11.4. The van der Waals surface area contributed by atoms with E-state index < -0.39 is 5.91 Å². The van der Waals surface area contributed by atoms with Gasteiger partial charge in [-0.15, -0.1) is 0 Å². The van der Waals surface area contributed by atoms with E-state index in [2.05, 4.69) is 5.10 Å². The van der Waals surface area contributed by atoms with Gasteiger partial charge in [-0.25, -0.2) is 9.67 Å². The zero-order valence-corrected chi connectivity index (χ0v) is 19.7. The van der Waals surface area contributed by atoms with Crippen molar-refractivity contribution in [2.45, 2.75) is 39.8 Å². The van der Waals surface area contributed by atoms with Gasteiger partial charge in [0.25, 0.3) is 5.91 Å². The quantitative estimate of drug-likeness (QED) is 0.423. The summed E-state index contributed by atoms with van der Waals surface area (Å²) in [6, 6.07) is 19.6. The average Bonchev–Trinajstić information content (AvgIpc) is 3.26. The highest BCUT2D eigenvalue weighted by Crippen LogP contribution is 2.29. The Kier molecular flexibility index (Phi) is 6.72. The molecular formula is C27H29N5O2. The maximum Gasteiger partial charge on any atom is 0.255 e. The topological polar surface area (TPSA) is 94.1 Å². The highest BCUT2D eigenvalue weighted by molar-refractivity contribution is 6.06. The van der Waals surface area contributed by atoms with E-state index in [0.717, 1.165) is 16.7 Å². The van der Waals surface area contributed by atoms with Gasteiger partial charge in [-0.3, -0.25) is 9.59 Å². The van der Waals surface area contributed by atoms with Gasteiger partial charge in [0.1, 0.15) is 0 Å². The van der Waals surface area contributed by atoms with Gasteiger partial charge in [0.2, 0.25) is 5.91 Å². The molecule has 0 spiro atoms. The normalized spacial score (nSPS) is 11.2. The Hall–Kier alpha value is -4.00. The van der Waals surface area contributed by atoms with Gasteiger partial charge in [-0.2, -0.15) is 5.10 Å². The Morgan fingerprint density at radius 2 is 1.76 bits per heavy atom. The number of nitrogens with zero attached hydrogens (tertiary/aromatic N) is 4. The molecular weight excluding hydrogens is 426 g/mol. The third kappa shape index (κ3) is 4.83. The zero-order chi connectivity index (χ0) is 24.2. The summed E-state index contributed by atoms with van der Waals surface area (Å²) < 4.78 is 1.83. The van der Waals surface area contributed by atoms with Gasteiger partial charge < -0.3 is 10.6 Å². The molecule has 0 radical (unpaired) electrons. The number of rotatable bonds is 8. The number of primary amides is 1. The van der Waals surface area contributed by atoms with Crippen molar-refractivity contribution < 1.29 is 9.59 Å². The molecule has 0 aliphatic heterocycles. The highest BCUT2D eigenvalue weighted by Gasteiger charge is 2.23. The minimum Gasteiger partial charge on any atom is -0.370 e. The average molecular weight is 456 g/mol. The van der Waals surface area contributed by atoms with Crippen LogP contribution in [0.2, 0.25) is 0 Å². The van der Waals surface area contributed by atoms with Crippen LogP contribution >= 0.6 is 0 Å². The van der Waals surface area contributed by atoms with Gasteiger partial charge in [-0.05, 0) is 38.0 Å². The van der Waals surface area contributed by atoms with Gasteiger partial charge in [0, 0.05) is 31.1 Å². The van der Waals surface area contributed by atoms with Crippen molar-refractivity contribution in [2.24, 2.45) is 5.73 Å². The fourth-order valence-electron chi connectivity index (χ4n) is 4.04. The van der Waals surface area contributed by atoms with Crippen LogP contribution in [0.15, 0.2) is 66.9 Å². The van der Waals surface area contributed by atoms with Crippen molar-refractivity contribution in [3.8, 4) is 11.3 Å². The van der Waals surface area contributed by atoms with Gasteiger partial charge in [0.05, 0.1) is 22.8 Å². The first-order valence-electron chi connectivity index (χ1n) is 11.4. The first-order chi connectivity index (χ1) is 16.3. The van der Waals surface area contributed by atoms with Gasteiger partial charge in [-0.1, -0.05) is 54.6 Å². The van der Waals surface area contributed by atoms with E-state index in [-0.39, 0.29) is 24.9 Å². The number of fused-ring (bicyclic) bond motifs is 1. The molecule has 4 aromatic rings. The van der Waals surface area contributed by atoms with Crippen molar-refractivity contribution >= 4 is 22.8 Å². The number of pyridine rings is 1. The van der Waals surface area contributed by atoms with E-state index in [1.807, 2.05) is 86.1 Å². The van der Waals surface area contributed by atoms with Crippen LogP contribution in [0, 0.1) is 6.92 Å². The highest BCUT2D eigenvalue weighted by atomic mass is 16.2. The van der Waals surface area contributed by atoms with Crippen LogP contribution in [0.5, 0.6) is 0 Å². The Morgan fingerprint density at radius 1 is 1.06 bits per heavy atom. The molecule has 0 saturated heterocycles. The van der Waals surface area contributed by atoms with E-state index in [1.54, 1.807) is 11.1 Å². The number of aromatic nitrogens is 3. The van der Waals surface area contributed by atoms with Crippen molar-refractivity contribution in [3.63, 3.8) is 0 Å². The lowest BCUT2D eigenvalue weighted by molar-refractivity contribution is -0.118. The third-order valence-electron chi connectivity index (χ3n) is 5.84. The minimum absolute atomic E-state index is 0.0790. The fourth-order valence-corrected chi connectivity index (χ4v) is 4.04. The van der Waals surface area contributed by atoms with E-state index in [9.17, 15) is 9.59 Å². The molecule has 2 heterocycles. The molecule has 7 nitrogen and oxygen atoms in total. The monoisotopic (exact) mass is 455 g/mol. The maximum atomic E-state index is 13.9. The molecule has 0 unspecified atom stereocenters.